The minimum Gasteiger partial charge on any atom is -0.294 e. The van der Waals surface area contributed by atoms with Gasteiger partial charge in [0.15, 0.2) is 5.82 Å². The van der Waals surface area contributed by atoms with Crippen molar-refractivity contribution < 1.29 is 18.0 Å². The summed E-state index contributed by atoms with van der Waals surface area (Å²) >= 11 is 2.57. The van der Waals surface area contributed by atoms with Crippen LogP contribution in [0.5, 0.6) is 0 Å². The standard InChI is InChI=1S/C19H15F3N6OS2/c1-10(2)17-25-26-18(31-17)24-16(29)14-23-15(13-7-4-8-30-13)28(27-14)12-6-3-5-11(9-12)19(20,21)22/h3-10H,1-2H3,(H,24,26,29). The fourth-order valence-corrected chi connectivity index (χ4v) is 4.08. The maximum Gasteiger partial charge on any atom is 0.416 e. The van der Waals surface area contributed by atoms with Crippen LogP contribution in [-0.4, -0.2) is 30.9 Å². The highest BCUT2D eigenvalue weighted by Crippen LogP contribution is 2.32. The number of carbonyl (C=O) groups is 1. The Morgan fingerprint density at radius 3 is 2.61 bits per heavy atom. The Kier molecular flexibility index (Phi) is 5.58. The van der Waals surface area contributed by atoms with Crippen LogP contribution < -0.4 is 5.32 Å². The van der Waals surface area contributed by atoms with E-state index in [2.05, 4.69) is 25.6 Å². The molecule has 7 nitrogen and oxygen atoms in total. The molecule has 4 rings (SSSR count). The molecular formula is C19H15F3N6OS2. The van der Waals surface area contributed by atoms with Crippen LogP contribution in [0, 0.1) is 0 Å². The monoisotopic (exact) mass is 464 g/mol. The van der Waals surface area contributed by atoms with Gasteiger partial charge in [-0.2, -0.15) is 13.2 Å². The lowest BCUT2D eigenvalue weighted by Crippen LogP contribution is -2.14. The predicted molar refractivity (Wildman–Crippen MR) is 112 cm³/mol. The molecule has 0 aliphatic carbocycles. The van der Waals surface area contributed by atoms with Crippen molar-refractivity contribution in [3.8, 4) is 16.4 Å². The van der Waals surface area contributed by atoms with Gasteiger partial charge in [0.05, 0.1) is 16.1 Å². The zero-order valence-electron chi connectivity index (χ0n) is 16.2. The molecule has 0 radical (unpaired) electrons. The van der Waals surface area contributed by atoms with Crippen molar-refractivity contribution in [1.29, 1.82) is 0 Å². The van der Waals surface area contributed by atoms with Crippen LogP contribution in [0.15, 0.2) is 41.8 Å². The van der Waals surface area contributed by atoms with Crippen LogP contribution >= 0.6 is 22.7 Å². The third-order valence-corrected chi connectivity index (χ3v) is 6.13. The maximum absolute atomic E-state index is 13.2. The summed E-state index contributed by atoms with van der Waals surface area (Å²) in [6.45, 7) is 3.91. The summed E-state index contributed by atoms with van der Waals surface area (Å²) in [5, 5.41) is 17.6. The molecule has 3 aromatic heterocycles. The SMILES string of the molecule is CC(C)c1nnc(NC(=O)c2nc(-c3cccs3)n(-c3cccc(C(F)(F)F)c3)n2)s1. The number of nitrogens with one attached hydrogen (secondary N) is 1. The molecule has 12 heteroatoms. The van der Waals surface area contributed by atoms with Crippen molar-refractivity contribution in [3.63, 3.8) is 0 Å². The van der Waals surface area contributed by atoms with Crippen LogP contribution in [0.2, 0.25) is 0 Å². The number of rotatable bonds is 5. The summed E-state index contributed by atoms with van der Waals surface area (Å²) in [7, 11) is 0. The van der Waals surface area contributed by atoms with Gasteiger partial charge in [0.2, 0.25) is 11.0 Å². The molecule has 160 valence electrons. The molecule has 4 aromatic rings. The summed E-state index contributed by atoms with van der Waals surface area (Å²) in [4.78, 5) is 17.6. The van der Waals surface area contributed by atoms with Gasteiger partial charge in [-0.05, 0) is 29.6 Å². The van der Waals surface area contributed by atoms with Gasteiger partial charge in [-0.3, -0.25) is 10.1 Å². The van der Waals surface area contributed by atoms with Crippen molar-refractivity contribution in [3.05, 3.63) is 58.2 Å². The number of alkyl halides is 3. The normalized spacial score (nSPS) is 11.8. The molecule has 0 aliphatic heterocycles. The molecule has 1 N–H and O–H groups in total. The molecule has 31 heavy (non-hydrogen) atoms. The summed E-state index contributed by atoms with van der Waals surface area (Å²) < 4.78 is 40.8. The molecule has 0 atom stereocenters. The quantitative estimate of drug-likeness (QED) is 0.437. The molecule has 1 amide bonds. The Bertz CT molecular complexity index is 1210. The highest BCUT2D eigenvalue weighted by atomic mass is 32.1. The van der Waals surface area contributed by atoms with Crippen molar-refractivity contribution >= 4 is 33.7 Å². The first-order valence-electron chi connectivity index (χ1n) is 9.05. The van der Waals surface area contributed by atoms with Crippen LogP contribution in [0.3, 0.4) is 0 Å². The number of carbonyl (C=O) groups excluding carboxylic acids is 1. The topological polar surface area (TPSA) is 85.6 Å². The minimum atomic E-state index is -4.51. The van der Waals surface area contributed by atoms with Crippen molar-refractivity contribution in [2.24, 2.45) is 0 Å². The van der Waals surface area contributed by atoms with E-state index in [1.165, 1.54) is 39.5 Å². The van der Waals surface area contributed by atoms with E-state index in [9.17, 15) is 18.0 Å². The van der Waals surface area contributed by atoms with E-state index < -0.39 is 17.6 Å². The number of hydrogen-bond acceptors (Lipinski definition) is 7. The number of nitrogens with zero attached hydrogens (tertiary/aromatic N) is 5. The molecule has 3 heterocycles. The summed E-state index contributed by atoms with van der Waals surface area (Å²) in [6, 6.07) is 8.22. The Balaban J connectivity index is 1.72. The Hall–Kier alpha value is -3.12. The predicted octanol–water partition coefficient (Wildman–Crippen LogP) is 5.24. The molecular weight excluding hydrogens is 449 g/mol. The first-order valence-corrected chi connectivity index (χ1v) is 10.8. The van der Waals surface area contributed by atoms with Crippen LogP contribution in [0.25, 0.3) is 16.4 Å². The fourth-order valence-electron chi connectivity index (χ4n) is 2.64. The van der Waals surface area contributed by atoms with Gasteiger partial charge >= 0.3 is 6.18 Å². The van der Waals surface area contributed by atoms with Gasteiger partial charge in [-0.15, -0.1) is 26.6 Å². The first kappa shape index (κ1) is 21.1. The Morgan fingerprint density at radius 1 is 1.16 bits per heavy atom. The number of aromatic nitrogens is 5. The highest BCUT2D eigenvalue weighted by molar-refractivity contribution is 7.15. The van der Waals surface area contributed by atoms with E-state index in [1.54, 1.807) is 17.5 Å². The minimum absolute atomic E-state index is 0.141. The zero-order valence-corrected chi connectivity index (χ0v) is 17.8. The third kappa shape index (κ3) is 4.49. The second kappa shape index (κ2) is 8.19. The Morgan fingerprint density at radius 2 is 1.97 bits per heavy atom. The number of hydrogen-bond donors (Lipinski definition) is 1. The van der Waals surface area contributed by atoms with Gasteiger partial charge in [0.25, 0.3) is 5.91 Å². The van der Waals surface area contributed by atoms with E-state index in [0.29, 0.717) is 10.0 Å². The summed E-state index contributed by atoms with van der Waals surface area (Å²) in [5.41, 5.74) is -0.679. The lowest BCUT2D eigenvalue weighted by Gasteiger charge is -2.09. The van der Waals surface area contributed by atoms with E-state index in [4.69, 9.17) is 0 Å². The highest BCUT2D eigenvalue weighted by Gasteiger charge is 2.31. The summed E-state index contributed by atoms with van der Waals surface area (Å²) in [6.07, 6.45) is -4.51. The average molecular weight is 464 g/mol. The van der Waals surface area contributed by atoms with Gasteiger partial charge in [0.1, 0.15) is 5.01 Å². The zero-order chi connectivity index (χ0) is 22.2. The maximum atomic E-state index is 13.2. The largest absolute Gasteiger partial charge is 0.416 e. The average Bonchev–Trinajstić information content (AvgIpc) is 3.47. The van der Waals surface area contributed by atoms with Gasteiger partial charge in [-0.1, -0.05) is 37.3 Å². The molecule has 0 fully saturated rings. The molecule has 0 aliphatic rings. The number of halogens is 3. The fraction of sp³-hybridized carbons (Fsp3) is 0.211. The van der Waals surface area contributed by atoms with E-state index >= 15 is 0 Å². The first-order chi connectivity index (χ1) is 14.7. The third-order valence-electron chi connectivity index (χ3n) is 4.12. The summed E-state index contributed by atoms with van der Waals surface area (Å²) in [5.74, 6) is -0.400. The lowest BCUT2D eigenvalue weighted by atomic mass is 10.2. The van der Waals surface area contributed by atoms with E-state index in [0.717, 1.165) is 17.1 Å². The number of amides is 1. The van der Waals surface area contributed by atoms with Gasteiger partial charge in [-0.25, -0.2) is 9.67 Å². The molecule has 1 aromatic carbocycles. The molecule has 0 unspecified atom stereocenters. The molecule has 0 spiro atoms. The molecule has 0 saturated carbocycles. The van der Waals surface area contributed by atoms with E-state index in [-0.39, 0.29) is 23.3 Å². The number of benzene rings is 1. The molecule has 0 bridgehead atoms. The van der Waals surface area contributed by atoms with Crippen molar-refractivity contribution in [2.75, 3.05) is 5.32 Å². The number of thiophene rings is 1. The van der Waals surface area contributed by atoms with Crippen LogP contribution in [0.1, 0.15) is 41.0 Å². The van der Waals surface area contributed by atoms with Gasteiger partial charge < -0.3 is 0 Å². The van der Waals surface area contributed by atoms with Gasteiger partial charge in [0, 0.05) is 5.92 Å². The smallest absolute Gasteiger partial charge is 0.294 e. The van der Waals surface area contributed by atoms with Crippen LogP contribution in [0.4, 0.5) is 18.3 Å². The van der Waals surface area contributed by atoms with E-state index in [1.807, 2.05) is 13.8 Å². The van der Waals surface area contributed by atoms with Crippen molar-refractivity contribution in [2.45, 2.75) is 25.9 Å². The van der Waals surface area contributed by atoms with Crippen molar-refractivity contribution in [1.82, 2.24) is 25.0 Å². The Labute approximate surface area is 182 Å². The number of anilines is 1. The second-order valence-corrected chi connectivity index (χ2v) is 8.71. The van der Waals surface area contributed by atoms with Crippen LogP contribution in [-0.2, 0) is 6.18 Å². The molecule has 0 saturated heterocycles. The lowest BCUT2D eigenvalue weighted by molar-refractivity contribution is -0.137. The second-order valence-electron chi connectivity index (χ2n) is 6.75.